The topological polar surface area (TPSA) is 121 Å². The Balaban J connectivity index is 1.54. The monoisotopic (exact) mass is 452 g/mol. The molecule has 1 saturated heterocycles. The van der Waals surface area contributed by atoms with Gasteiger partial charge >= 0.3 is 0 Å². The predicted molar refractivity (Wildman–Crippen MR) is 121 cm³/mol. The lowest BCUT2D eigenvalue weighted by molar-refractivity contribution is -0.145. The number of amides is 1. The second-order valence-corrected chi connectivity index (χ2v) is 8.30. The average molecular weight is 453 g/mol. The van der Waals surface area contributed by atoms with E-state index >= 15 is 0 Å². The number of ether oxygens (including phenoxy) is 1. The third kappa shape index (κ3) is 4.46. The molecule has 3 N–H and O–H groups in total. The molecular formula is C24H28N4O5. The Morgan fingerprint density at radius 1 is 1.21 bits per heavy atom. The zero-order valence-electron chi connectivity index (χ0n) is 18.7. The minimum atomic E-state index is -0.789. The van der Waals surface area contributed by atoms with Crippen molar-refractivity contribution < 1.29 is 24.2 Å². The van der Waals surface area contributed by atoms with Crippen molar-refractivity contribution in [1.29, 1.82) is 0 Å². The van der Waals surface area contributed by atoms with E-state index in [0.717, 1.165) is 12.0 Å². The number of rotatable bonds is 8. The minimum absolute atomic E-state index is 0.0874. The first-order valence-electron chi connectivity index (χ1n) is 11.1. The molecule has 2 aliphatic rings. The van der Waals surface area contributed by atoms with Gasteiger partial charge in [0.25, 0.3) is 5.91 Å². The molecule has 2 aromatic rings. The van der Waals surface area contributed by atoms with Gasteiger partial charge in [0.2, 0.25) is 11.6 Å². The Hall–Kier alpha value is -3.30. The van der Waals surface area contributed by atoms with Crippen molar-refractivity contribution in [2.75, 3.05) is 25.5 Å². The van der Waals surface area contributed by atoms with Crippen LogP contribution in [0.25, 0.3) is 0 Å². The number of hydrogen-bond donors (Lipinski definition) is 3. The molecule has 0 bridgehead atoms. The highest BCUT2D eigenvalue weighted by Crippen LogP contribution is 2.32. The fourth-order valence-corrected chi connectivity index (χ4v) is 4.35. The van der Waals surface area contributed by atoms with Gasteiger partial charge in [0.15, 0.2) is 11.4 Å². The second kappa shape index (κ2) is 9.68. The first-order valence-corrected chi connectivity index (χ1v) is 11.1. The summed E-state index contributed by atoms with van der Waals surface area (Å²) < 4.78 is 5.47. The maximum Gasteiger partial charge on any atom is 0.276 e. The summed E-state index contributed by atoms with van der Waals surface area (Å²) in [5.41, 5.74) is 1.53. The molecule has 1 aliphatic carbocycles. The van der Waals surface area contributed by atoms with E-state index in [2.05, 4.69) is 15.6 Å². The number of Topliss-reactive ketones (excluding diaryl/α,β-unsaturated/α-hetero) is 2. The Kier molecular flexibility index (Phi) is 6.71. The molecule has 1 aromatic heterocycles. The predicted octanol–water partition coefficient (Wildman–Crippen LogP) is 1.34. The number of carbonyl (C=O) groups is 3. The Morgan fingerprint density at radius 3 is 2.58 bits per heavy atom. The molecule has 1 amide bonds. The lowest BCUT2D eigenvalue weighted by Crippen LogP contribution is -2.67. The Morgan fingerprint density at radius 2 is 1.94 bits per heavy atom. The van der Waals surface area contributed by atoms with E-state index in [-0.39, 0.29) is 29.9 Å². The van der Waals surface area contributed by atoms with Crippen LogP contribution in [0.15, 0.2) is 42.6 Å². The van der Waals surface area contributed by atoms with E-state index in [1.807, 2.05) is 37.3 Å². The summed E-state index contributed by atoms with van der Waals surface area (Å²) in [6, 6.07) is 9.78. The van der Waals surface area contributed by atoms with Crippen LogP contribution in [0.1, 0.15) is 41.9 Å². The van der Waals surface area contributed by atoms with Gasteiger partial charge in [-0.15, -0.1) is 0 Å². The van der Waals surface area contributed by atoms with Gasteiger partial charge < -0.3 is 20.1 Å². The van der Waals surface area contributed by atoms with Crippen LogP contribution in [0, 0.1) is 0 Å². The number of ketones is 2. The minimum Gasteiger partial charge on any atom is -0.492 e. The third-order valence-electron chi connectivity index (χ3n) is 6.20. The highest BCUT2D eigenvalue weighted by Gasteiger charge is 2.50. The van der Waals surface area contributed by atoms with Crippen LogP contribution < -0.4 is 15.4 Å². The van der Waals surface area contributed by atoms with E-state index in [1.165, 1.54) is 18.2 Å². The van der Waals surface area contributed by atoms with Crippen molar-refractivity contribution >= 4 is 23.2 Å². The number of pyridine rings is 1. The molecule has 0 spiro atoms. The lowest BCUT2D eigenvalue weighted by Gasteiger charge is -2.37. The summed E-state index contributed by atoms with van der Waals surface area (Å²) in [6.45, 7) is 2.68. The summed E-state index contributed by atoms with van der Waals surface area (Å²) in [5, 5.41) is 16.1. The van der Waals surface area contributed by atoms with E-state index in [9.17, 15) is 19.5 Å². The van der Waals surface area contributed by atoms with E-state index in [1.54, 1.807) is 6.07 Å². The SMILES string of the molecule is CCC(NC1C(=O)C(=O)C1Nc1ccnc(C(=O)N2CCC(O)C2)c1OC)c1ccccc1. The van der Waals surface area contributed by atoms with Gasteiger partial charge in [0.1, 0.15) is 12.1 Å². The number of nitrogens with one attached hydrogen (secondary N) is 2. The van der Waals surface area contributed by atoms with Crippen molar-refractivity contribution in [3.63, 3.8) is 0 Å². The molecule has 9 heteroatoms. The fraction of sp³-hybridized carbons (Fsp3) is 0.417. The van der Waals surface area contributed by atoms with Crippen molar-refractivity contribution in [3.8, 4) is 5.75 Å². The van der Waals surface area contributed by atoms with Crippen LogP contribution >= 0.6 is 0 Å². The summed E-state index contributed by atoms with van der Waals surface area (Å²) in [6.07, 6.45) is 2.16. The van der Waals surface area contributed by atoms with Crippen molar-refractivity contribution in [2.45, 2.75) is 44.0 Å². The maximum absolute atomic E-state index is 12.9. The number of nitrogens with zero attached hydrogens (tertiary/aromatic N) is 2. The molecule has 1 aromatic carbocycles. The number of carbonyl (C=O) groups excluding carboxylic acids is 3. The molecule has 4 rings (SSSR count). The first kappa shape index (κ1) is 22.9. The molecule has 4 unspecified atom stereocenters. The Bertz CT molecular complexity index is 1040. The maximum atomic E-state index is 12.9. The molecule has 2 heterocycles. The van der Waals surface area contributed by atoms with E-state index < -0.39 is 29.8 Å². The average Bonchev–Trinajstić information content (AvgIpc) is 3.29. The zero-order valence-corrected chi connectivity index (χ0v) is 18.7. The Labute approximate surface area is 192 Å². The fourth-order valence-electron chi connectivity index (χ4n) is 4.35. The van der Waals surface area contributed by atoms with Crippen LogP contribution in [-0.4, -0.2) is 70.9 Å². The number of β-amino-alcohol motifs (C(OH)–C–C–N with tert-alkyl or cyclic N) is 1. The van der Waals surface area contributed by atoms with Crippen LogP contribution in [0.2, 0.25) is 0 Å². The molecule has 33 heavy (non-hydrogen) atoms. The number of aliphatic hydroxyl groups is 1. The van der Waals surface area contributed by atoms with Crippen LogP contribution in [0.3, 0.4) is 0 Å². The number of benzene rings is 1. The smallest absolute Gasteiger partial charge is 0.276 e. The number of methoxy groups -OCH3 is 1. The van der Waals surface area contributed by atoms with Gasteiger partial charge in [0.05, 0.1) is 18.9 Å². The van der Waals surface area contributed by atoms with E-state index in [0.29, 0.717) is 18.7 Å². The molecule has 4 atom stereocenters. The molecule has 1 saturated carbocycles. The number of aromatic nitrogens is 1. The quantitative estimate of drug-likeness (QED) is 0.513. The number of anilines is 1. The van der Waals surface area contributed by atoms with Gasteiger partial charge in [-0.2, -0.15) is 0 Å². The van der Waals surface area contributed by atoms with Gasteiger partial charge in [0, 0.05) is 25.3 Å². The van der Waals surface area contributed by atoms with Gasteiger partial charge in [-0.05, 0) is 24.5 Å². The van der Waals surface area contributed by atoms with Crippen molar-refractivity contribution in [1.82, 2.24) is 15.2 Å². The van der Waals surface area contributed by atoms with Crippen LogP contribution in [0.4, 0.5) is 5.69 Å². The largest absolute Gasteiger partial charge is 0.492 e. The standard InChI is InChI=1S/C24H28N4O5/c1-3-16(14-7-5-4-6-8-14)26-18-19(22(31)21(18)30)27-17-9-11-25-20(23(17)33-2)24(32)28-12-10-15(29)13-28/h4-9,11,15-16,18-19,26,29H,3,10,12-13H2,1-2H3,(H,25,27). The van der Waals surface area contributed by atoms with E-state index in [4.69, 9.17) is 4.74 Å². The summed E-state index contributed by atoms with van der Waals surface area (Å²) >= 11 is 0. The van der Waals surface area contributed by atoms with Crippen molar-refractivity contribution in [3.05, 3.63) is 53.9 Å². The number of hydrogen-bond acceptors (Lipinski definition) is 8. The van der Waals surface area contributed by atoms with Crippen LogP contribution in [-0.2, 0) is 9.59 Å². The molecule has 0 radical (unpaired) electrons. The molecular weight excluding hydrogens is 424 g/mol. The van der Waals surface area contributed by atoms with Gasteiger partial charge in [-0.1, -0.05) is 37.3 Å². The number of likely N-dealkylation sites (tertiary alicyclic amines) is 1. The lowest BCUT2D eigenvalue weighted by atomic mass is 9.81. The molecule has 1 aliphatic heterocycles. The number of aliphatic hydroxyl groups excluding tert-OH is 1. The second-order valence-electron chi connectivity index (χ2n) is 8.30. The van der Waals surface area contributed by atoms with Crippen LogP contribution in [0.5, 0.6) is 5.75 Å². The molecule has 9 nitrogen and oxygen atoms in total. The van der Waals surface area contributed by atoms with Gasteiger partial charge in [-0.25, -0.2) is 4.98 Å². The summed E-state index contributed by atoms with van der Waals surface area (Å²) in [5.74, 6) is -1.15. The highest BCUT2D eigenvalue weighted by atomic mass is 16.5. The zero-order chi connectivity index (χ0) is 23.5. The molecule has 2 fully saturated rings. The molecule has 174 valence electrons. The first-order chi connectivity index (χ1) is 15.9. The highest BCUT2D eigenvalue weighted by molar-refractivity contribution is 6.49. The van der Waals surface area contributed by atoms with Crippen molar-refractivity contribution in [2.24, 2.45) is 0 Å². The third-order valence-corrected chi connectivity index (χ3v) is 6.20. The summed E-state index contributed by atoms with van der Waals surface area (Å²) in [7, 11) is 1.42. The van der Waals surface area contributed by atoms with Gasteiger partial charge in [-0.3, -0.25) is 19.7 Å². The summed E-state index contributed by atoms with van der Waals surface area (Å²) in [4.78, 5) is 43.5. The normalized spacial score (nSPS) is 23.2.